The summed E-state index contributed by atoms with van der Waals surface area (Å²) < 4.78 is 12.5. The molecule has 16 aromatic rings. The Hall–Kier alpha value is -12.5. The highest BCUT2D eigenvalue weighted by atomic mass is 28.3. The fourth-order valence-corrected chi connectivity index (χ4v) is 32.0. The summed E-state index contributed by atoms with van der Waals surface area (Å²) in [5, 5.41) is 9.23. The maximum atomic E-state index is 2.55. The number of rotatable bonds is 11. The van der Waals surface area contributed by atoms with Crippen molar-refractivity contribution in [2.24, 2.45) is 0 Å². The van der Waals surface area contributed by atoms with Crippen LogP contribution in [0.25, 0.3) is 67.8 Å². The number of hydrogen-bond donors (Lipinski definition) is 0. The van der Waals surface area contributed by atoms with Crippen molar-refractivity contribution in [1.29, 1.82) is 0 Å². The zero-order chi connectivity index (χ0) is 83.9. The first kappa shape index (κ1) is 78.0. The van der Waals surface area contributed by atoms with Gasteiger partial charge in [0.15, 0.2) is 18.4 Å². The number of pyridine rings is 1. The van der Waals surface area contributed by atoms with Gasteiger partial charge in [0, 0.05) is 96.2 Å². The van der Waals surface area contributed by atoms with Gasteiger partial charge in [-0.2, -0.15) is 13.7 Å². The average molecular weight is 1640 g/mol. The van der Waals surface area contributed by atoms with E-state index in [1.54, 1.807) is 15.6 Å². The number of benzene rings is 13. The Kier molecular flexibility index (Phi) is 19.4. The fraction of sp³-hybridized carbons (Fsp3) is 0.198. The summed E-state index contributed by atoms with van der Waals surface area (Å²) in [5.41, 5.74) is 36.4. The molecule has 122 heavy (non-hydrogen) atoms. The third kappa shape index (κ3) is 12.5. The minimum absolute atomic E-state index is 0.419. The van der Waals surface area contributed by atoms with Gasteiger partial charge in [-0.1, -0.05) is 289 Å². The number of anilines is 9. The predicted molar refractivity (Wildman–Crippen MR) is 518 cm³/mol. The molecule has 0 aliphatic carbocycles. The van der Waals surface area contributed by atoms with Gasteiger partial charge in [-0.3, -0.25) is 0 Å². The second kappa shape index (κ2) is 30.3. The molecule has 0 saturated heterocycles. The van der Waals surface area contributed by atoms with Gasteiger partial charge in [-0.05, 0) is 187 Å². The van der Waals surface area contributed by atoms with Gasteiger partial charge in [0.25, 0.3) is 11.6 Å². The molecule has 0 fully saturated rings. The van der Waals surface area contributed by atoms with Crippen LogP contribution < -0.4 is 59.5 Å². The van der Waals surface area contributed by atoms with E-state index in [4.69, 9.17) is 0 Å². The summed E-state index contributed by atoms with van der Waals surface area (Å²) in [7, 11) is -6.01. The molecule has 0 N–H and O–H groups in total. The molecule has 6 aliphatic rings. The van der Waals surface area contributed by atoms with Crippen molar-refractivity contribution in [2.45, 2.75) is 145 Å². The summed E-state index contributed by atoms with van der Waals surface area (Å²) in [6.07, 6.45) is 9.40. The van der Waals surface area contributed by atoms with Gasteiger partial charge < -0.3 is 14.7 Å². The number of nitrogens with zero attached hydrogens (tertiary/aromatic N) is 8. The van der Waals surface area contributed by atoms with E-state index in [0.29, 0.717) is 23.7 Å². The normalized spacial score (nSPS) is 14.5. The van der Waals surface area contributed by atoms with Crippen LogP contribution >= 0.6 is 0 Å². The van der Waals surface area contributed by atoms with Crippen LogP contribution in [0, 0.1) is 6.92 Å². The van der Waals surface area contributed by atoms with E-state index >= 15 is 0 Å². The quantitative estimate of drug-likeness (QED) is 0.0955. The Balaban J connectivity index is 0.000000117. The molecule has 602 valence electrons. The molecule has 0 radical (unpaired) electrons. The second-order valence-electron chi connectivity index (χ2n) is 37.1. The van der Waals surface area contributed by atoms with Crippen LogP contribution in [0.2, 0.25) is 39.3 Å². The van der Waals surface area contributed by atoms with Gasteiger partial charge in [-0.25, -0.2) is 9.13 Å². The summed E-state index contributed by atoms with van der Waals surface area (Å²) in [4.78, 5) is 7.48. The molecule has 0 bridgehead atoms. The van der Waals surface area contributed by atoms with E-state index < -0.39 is 24.2 Å². The number of imidazole rings is 2. The van der Waals surface area contributed by atoms with Crippen molar-refractivity contribution in [3.05, 3.63) is 373 Å². The molecule has 8 nitrogen and oxygen atoms in total. The van der Waals surface area contributed by atoms with E-state index in [0.717, 1.165) is 19.6 Å². The first-order chi connectivity index (χ1) is 59.1. The topological polar surface area (TPSA) is 31.2 Å². The molecule has 0 amide bonds. The van der Waals surface area contributed by atoms with Gasteiger partial charge in [-0.15, -0.1) is 0 Å². The van der Waals surface area contributed by atoms with Crippen LogP contribution in [0.5, 0.6) is 0 Å². The van der Waals surface area contributed by atoms with Crippen LogP contribution in [0.3, 0.4) is 0 Å². The molecule has 0 atom stereocenters. The molecule has 3 aromatic heterocycles. The lowest BCUT2D eigenvalue weighted by molar-refractivity contribution is -0.671. The Morgan fingerprint density at radius 3 is 1.11 bits per heavy atom. The van der Waals surface area contributed by atoms with Crippen LogP contribution in [0.15, 0.2) is 328 Å². The van der Waals surface area contributed by atoms with Crippen molar-refractivity contribution in [1.82, 2.24) is 9.13 Å². The number of aromatic nitrogens is 5. The van der Waals surface area contributed by atoms with Gasteiger partial charge >= 0.3 is 0 Å². The molecule has 13 aromatic carbocycles. The van der Waals surface area contributed by atoms with E-state index in [1.165, 1.54) is 179 Å². The lowest BCUT2D eigenvalue weighted by atomic mass is 9.87. The summed E-state index contributed by atoms with van der Waals surface area (Å²) in [5.74, 6) is 4.32. The molecule has 0 saturated carbocycles. The molecule has 11 heteroatoms. The summed E-state index contributed by atoms with van der Waals surface area (Å²) in [6.45, 7) is 38.7. The third-order valence-electron chi connectivity index (χ3n) is 27.3. The standard InChI is InChI=1S/C42H42N3Si.C36H38N3Si.C33H29N2Si/c1-28(2)32-20-15-21-33(29(3)4)40(32)38-27-43-26-35-34(42(43)45(38)31-18-11-8-12-19-31)24-25-37-41(35)46(5,6)39-23-14-13-22-36(39)44(37)30-16-9-7-10-17-30;1-24(2)27-15-12-16-28(25(3)4)34(27)38-22-21-37-23-30-29(36(37)38)19-20-32-35(30)40(5,6)33-18-11-10-17-31(33)39(32)26-13-8-7-9-14-26;1-23-20-31-26-18-19-30-33(28(26)22-34(31)21-27(23)24-12-6-4-7-13-24)36(2,3)32-17-11-10-16-29(32)35(30)25-14-8-5-9-15-25/h7-25,27-29H,26H2,1-6H3;7-22,24-25H,23H2,1-6H3;4-21H,22H2,1-3H3/q3*+1. The molecule has 6 aliphatic heterocycles. The zero-order valence-corrected chi connectivity index (χ0v) is 76.2. The fourth-order valence-electron chi connectivity index (χ4n) is 21.7. The Bertz CT molecular complexity index is 6740. The van der Waals surface area contributed by atoms with E-state index in [1.807, 2.05) is 0 Å². The van der Waals surface area contributed by atoms with E-state index in [9.17, 15) is 0 Å². The van der Waals surface area contributed by atoms with E-state index in [2.05, 4.69) is 467 Å². The maximum Gasteiger partial charge on any atom is 0.295 e. The Labute approximate surface area is 724 Å². The molecule has 0 spiro atoms. The average Bonchev–Trinajstić information content (AvgIpc) is 1.36. The monoisotopic (exact) mass is 1640 g/mol. The molecular formula is C111H109N8Si3+3. The number of para-hydroxylation sites is 8. The van der Waals surface area contributed by atoms with Crippen molar-refractivity contribution in [3.63, 3.8) is 0 Å². The number of aryl methyl sites for hydroxylation is 1. The van der Waals surface area contributed by atoms with Crippen LogP contribution in [0.1, 0.15) is 124 Å². The molecule has 0 unspecified atom stereocenters. The first-order valence-electron chi connectivity index (χ1n) is 44.1. The van der Waals surface area contributed by atoms with Gasteiger partial charge in [0.05, 0.1) is 16.7 Å². The molecule has 9 heterocycles. The van der Waals surface area contributed by atoms with Crippen LogP contribution in [0.4, 0.5) is 51.2 Å². The highest BCUT2D eigenvalue weighted by Crippen LogP contribution is 2.49. The van der Waals surface area contributed by atoms with Crippen molar-refractivity contribution in [3.8, 4) is 67.8 Å². The minimum Gasteiger partial charge on any atom is -0.311 e. The highest BCUT2D eigenvalue weighted by molar-refractivity contribution is 7.04. The number of fused-ring (bicyclic) bond motifs is 18. The smallest absolute Gasteiger partial charge is 0.295 e. The first-order valence-corrected chi connectivity index (χ1v) is 53.1. The maximum absolute atomic E-state index is 2.55. The molecule has 22 rings (SSSR count). The highest BCUT2D eigenvalue weighted by Gasteiger charge is 2.49. The minimum atomic E-state index is -2.06. The van der Waals surface area contributed by atoms with Gasteiger partial charge in [0.1, 0.15) is 67.3 Å². The zero-order valence-electron chi connectivity index (χ0n) is 73.2. The summed E-state index contributed by atoms with van der Waals surface area (Å²) in [6, 6.07) is 112. The van der Waals surface area contributed by atoms with Crippen molar-refractivity contribution in [2.75, 3.05) is 14.7 Å². The Morgan fingerprint density at radius 2 is 0.672 bits per heavy atom. The van der Waals surface area contributed by atoms with Gasteiger partial charge in [0.2, 0.25) is 5.69 Å². The summed E-state index contributed by atoms with van der Waals surface area (Å²) >= 11 is 0. The van der Waals surface area contributed by atoms with Crippen molar-refractivity contribution < 1.29 is 13.7 Å². The number of hydrogen-bond acceptors (Lipinski definition) is 3. The lowest BCUT2D eigenvalue weighted by Crippen LogP contribution is -2.60. The molecular weight excluding hydrogens is 1530 g/mol. The second-order valence-corrected chi connectivity index (χ2v) is 50.0. The largest absolute Gasteiger partial charge is 0.311 e. The Morgan fingerprint density at radius 1 is 0.311 bits per heavy atom. The SMILES string of the molecule is CC(C)c1cccc(C(C)C)c1-c1c[n+]2c(n1-c1ccccc1)-c1ccc3c(c1C2)[Si](C)(C)c1ccccc1N3c1ccccc1.CC(C)c1cccc(C(C)C)c1-n1cc[n+]2c1-c1ccc3c(c1C2)[Si](C)(C)c1ccccc1N3c1ccccc1.Cc1cc2[n+](cc1-c1ccccc1)Cc1c-2ccc2c1[Si](C)(C)c1ccccc1N2c1ccccc1. The van der Waals surface area contributed by atoms with Crippen molar-refractivity contribution >= 4 is 107 Å². The van der Waals surface area contributed by atoms with Crippen LogP contribution in [-0.4, -0.2) is 33.4 Å². The van der Waals surface area contributed by atoms with Crippen LogP contribution in [-0.2, 0) is 19.6 Å². The predicted octanol–water partition coefficient (Wildman–Crippen LogP) is 23.5. The van der Waals surface area contributed by atoms with E-state index in [-0.39, 0.29) is 0 Å². The lowest BCUT2D eigenvalue weighted by Gasteiger charge is -2.42. The third-order valence-corrected chi connectivity index (χ3v) is 38.0.